The number of aryl methyl sites for hydroxylation is 1. The second-order valence-electron chi connectivity index (χ2n) is 8.09. The SMILES string of the molecule is CCCCCC.Cc1cc(-c2cc(C(N)=O)ccc2Cl)cnc1N(C)C(=O)c1c(F)cccc1Cl. The Morgan fingerprint density at radius 1 is 1.03 bits per heavy atom. The molecule has 3 rings (SSSR count). The van der Waals surface area contributed by atoms with E-state index in [4.69, 9.17) is 28.9 Å². The second-order valence-corrected chi connectivity index (χ2v) is 8.91. The number of nitrogens with two attached hydrogens (primary N) is 1. The molecule has 2 aromatic carbocycles. The van der Waals surface area contributed by atoms with Crippen LogP contribution in [-0.2, 0) is 0 Å². The number of unbranched alkanes of at least 4 members (excludes halogenated alkanes) is 3. The predicted molar refractivity (Wildman–Crippen MR) is 142 cm³/mol. The summed E-state index contributed by atoms with van der Waals surface area (Å²) in [6.07, 6.45) is 7.05. The molecule has 0 saturated carbocycles. The van der Waals surface area contributed by atoms with Gasteiger partial charge in [-0.05, 0) is 48.9 Å². The molecule has 0 aliphatic heterocycles. The zero-order chi connectivity index (χ0) is 26.1. The number of nitrogens with zero attached hydrogens (tertiary/aromatic N) is 2. The number of aromatic nitrogens is 1. The van der Waals surface area contributed by atoms with Crippen LogP contribution >= 0.6 is 23.2 Å². The van der Waals surface area contributed by atoms with Crippen LogP contribution in [0.3, 0.4) is 0 Å². The number of hydrogen-bond acceptors (Lipinski definition) is 3. The molecule has 0 aliphatic carbocycles. The van der Waals surface area contributed by atoms with Crippen molar-refractivity contribution in [3.05, 3.63) is 81.2 Å². The summed E-state index contributed by atoms with van der Waals surface area (Å²) in [6.45, 7) is 6.22. The van der Waals surface area contributed by atoms with Gasteiger partial charge in [-0.1, -0.05) is 68.8 Å². The smallest absolute Gasteiger partial charge is 0.263 e. The van der Waals surface area contributed by atoms with Crippen molar-refractivity contribution in [2.75, 3.05) is 11.9 Å². The standard InChI is InChI=1S/C21H16Cl2FN3O2.C6H14/c1-11-8-13(14-9-12(19(25)28)6-7-15(14)22)10-26-20(11)27(2)21(29)18-16(23)4-3-5-17(18)24;1-3-5-6-4-2/h3-10H,1-2H3,(H2,25,28);3-6H2,1-2H3. The molecule has 186 valence electrons. The average Bonchev–Trinajstić information content (AvgIpc) is 2.82. The summed E-state index contributed by atoms with van der Waals surface area (Å²) in [5, 5.41) is 0.442. The number of anilines is 1. The van der Waals surface area contributed by atoms with E-state index in [2.05, 4.69) is 18.8 Å². The van der Waals surface area contributed by atoms with Gasteiger partial charge < -0.3 is 5.73 Å². The van der Waals surface area contributed by atoms with Crippen LogP contribution in [0.2, 0.25) is 10.0 Å². The molecule has 2 N–H and O–H groups in total. The van der Waals surface area contributed by atoms with Crippen molar-refractivity contribution in [1.29, 1.82) is 0 Å². The van der Waals surface area contributed by atoms with E-state index in [-0.39, 0.29) is 10.6 Å². The largest absolute Gasteiger partial charge is 0.366 e. The van der Waals surface area contributed by atoms with E-state index in [1.54, 1.807) is 25.1 Å². The van der Waals surface area contributed by atoms with E-state index >= 15 is 0 Å². The molecular formula is C27H30Cl2FN3O2. The lowest BCUT2D eigenvalue weighted by molar-refractivity contribution is 0.0984. The molecule has 35 heavy (non-hydrogen) atoms. The number of benzene rings is 2. The van der Waals surface area contributed by atoms with Gasteiger partial charge in [-0.2, -0.15) is 0 Å². The molecule has 0 unspecified atom stereocenters. The van der Waals surface area contributed by atoms with E-state index in [0.29, 0.717) is 33.1 Å². The summed E-state index contributed by atoms with van der Waals surface area (Å²) in [7, 11) is 1.49. The van der Waals surface area contributed by atoms with Gasteiger partial charge in [0.1, 0.15) is 11.6 Å². The van der Waals surface area contributed by atoms with Crippen molar-refractivity contribution in [3.8, 4) is 11.1 Å². The fourth-order valence-corrected chi connectivity index (χ4v) is 3.90. The maximum Gasteiger partial charge on any atom is 0.263 e. The monoisotopic (exact) mass is 517 g/mol. The highest BCUT2D eigenvalue weighted by Crippen LogP contribution is 2.31. The van der Waals surface area contributed by atoms with Gasteiger partial charge in [-0.15, -0.1) is 0 Å². The zero-order valence-electron chi connectivity index (χ0n) is 20.4. The molecule has 0 radical (unpaired) electrons. The van der Waals surface area contributed by atoms with Gasteiger partial charge in [0.25, 0.3) is 5.91 Å². The van der Waals surface area contributed by atoms with Crippen LogP contribution in [0.1, 0.15) is 65.8 Å². The van der Waals surface area contributed by atoms with E-state index in [1.165, 1.54) is 68.1 Å². The first kappa shape index (κ1) is 28.3. The van der Waals surface area contributed by atoms with E-state index in [1.807, 2.05) is 0 Å². The molecule has 5 nitrogen and oxygen atoms in total. The summed E-state index contributed by atoms with van der Waals surface area (Å²) in [5.74, 6) is -1.57. The summed E-state index contributed by atoms with van der Waals surface area (Å²) in [6, 6.07) is 10.5. The summed E-state index contributed by atoms with van der Waals surface area (Å²) in [5.41, 5.74) is 7.29. The molecule has 1 aromatic heterocycles. The zero-order valence-corrected chi connectivity index (χ0v) is 21.9. The summed E-state index contributed by atoms with van der Waals surface area (Å²) >= 11 is 12.3. The van der Waals surface area contributed by atoms with Crippen molar-refractivity contribution < 1.29 is 14.0 Å². The third-order valence-electron chi connectivity index (χ3n) is 5.37. The minimum atomic E-state index is -0.710. The number of rotatable bonds is 7. The molecule has 0 fully saturated rings. The van der Waals surface area contributed by atoms with Crippen LogP contribution in [0.15, 0.2) is 48.7 Å². The molecule has 8 heteroatoms. The van der Waals surface area contributed by atoms with Gasteiger partial charge in [0.15, 0.2) is 0 Å². The van der Waals surface area contributed by atoms with Crippen LogP contribution in [0.25, 0.3) is 11.1 Å². The number of carbonyl (C=O) groups is 2. The fourth-order valence-electron chi connectivity index (χ4n) is 3.43. The molecule has 2 amide bonds. The van der Waals surface area contributed by atoms with Gasteiger partial charge in [0.2, 0.25) is 5.91 Å². The Balaban J connectivity index is 0.000000641. The third-order valence-corrected chi connectivity index (χ3v) is 6.01. The number of hydrogen-bond donors (Lipinski definition) is 1. The fraction of sp³-hybridized carbons (Fsp3) is 0.296. The molecular weight excluding hydrogens is 488 g/mol. The molecule has 1 heterocycles. The summed E-state index contributed by atoms with van der Waals surface area (Å²) < 4.78 is 14.1. The lowest BCUT2D eigenvalue weighted by Gasteiger charge is -2.20. The quantitative estimate of drug-likeness (QED) is 0.330. The van der Waals surface area contributed by atoms with Crippen LogP contribution < -0.4 is 10.6 Å². The molecule has 0 aliphatic rings. The first-order valence-corrected chi connectivity index (χ1v) is 12.2. The van der Waals surface area contributed by atoms with E-state index in [9.17, 15) is 14.0 Å². The van der Waals surface area contributed by atoms with Crippen LogP contribution in [-0.4, -0.2) is 23.8 Å². The Morgan fingerprint density at radius 2 is 1.69 bits per heavy atom. The minimum absolute atomic E-state index is 0.0196. The van der Waals surface area contributed by atoms with Gasteiger partial charge >= 0.3 is 0 Å². The first-order chi connectivity index (χ1) is 16.6. The number of amides is 2. The molecule has 0 saturated heterocycles. The molecule has 0 atom stereocenters. The lowest BCUT2D eigenvalue weighted by atomic mass is 10.0. The first-order valence-electron chi connectivity index (χ1n) is 11.4. The Kier molecular flexibility index (Phi) is 10.7. The van der Waals surface area contributed by atoms with Crippen molar-refractivity contribution in [3.63, 3.8) is 0 Å². The third kappa shape index (κ3) is 7.26. The predicted octanol–water partition coefficient (Wildman–Crippen LogP) is 7.47. The topological polar surface area (TPSA) is 76.3 Å². The maximum atomic E-state index is 14.1. The average molecular weight is 518 g/mol. The number of halogens is 3. The highest BCUT2D eigenvalue weighted by atomic mass is 35.5. The molecule has 0 bridgehead atoms. The van der Waals surface area contributed by atoms with Crippen molar-refractivity contribution in [2.45, 2.75) is 46.5 Å². The summed E-state index contributed by atoms with van der Waals surface area (Å²) in [4.78, 5) is 29.8. The van der Waals surface area contributed by atoms with Gasteiger partial charge in [0, 0.05) is 35.0 Å². The number of carbonyl (C=O) groups excluding carboxylic acids is 2. The Hall–Kier alpha value is -2.96. The van der Waals surface area contributed by atoms with Crippen molar-refractivity contribution >= 4 is 40.8 Å². The van der Waals surface area contributed by atoms with Gasteiger partial charge in [-0.25, -0.2) is 9.37 Å². The Labute approximate surface area is 216 Å². The maximum absolute atomic E-state index is 14.1. The van der Waals surface area contributed by atoms with E-state index in [0.717, 1.165) is 0 Å². The van der Waals surface area contributed by atoms with Crippen molar-refractivity contribution in [2.24, 2.45) is 5.73 Å². The second kappa shape index (κ2) is 13.2. The lowest BCUT2D eigenvalue weighted by Crippen LogP contribution is -2.29. The Bertz CT molecular complexity index is 1180. The van der Waals surface area contributed by atoms with Crippen molar-refractivity contribution in [1.82, 2.24) is 4.98 Å². The minimum Gasteiger partial charge on any atom is -0.366 e. The number of primary amides is 1. The molecule has 0 spiro atoms. The van der Waals surface area contributed by atoms with Crippen LogP contribution in [0.4, 0.5) is 10.2 Å². The van der Waals surface area contributed by atoms with Crippen LogP contribution in [0.5, 0.6) is 0 Å². The van der Waals surface area contributed by atoms with Gasteiger partial charge in [-0.3, -0.25) is 14.5 Å². The number of pyridine rings is 1. The highest BCUT2D eigenvalue weighted by molar-refractivity contribution is 6.34. The Morgan fingerprint density at radius 3 is 2.23 bits per heavy atom. The highest BCUT2D eigenvalue weighted by Gasteiger charge is 2.23. The molecule has 3 aromatic rings. The van der Waals surface area contributed by atoms with Crippen LogP contribution in [0, 0.1) is 12.7 Å². The van der Waals surface area contributed by atoms with E-state index < -0.39 is 17.6 Å². The normalized spacial score (nSPS) is 10.4. The van der Waals surface area contributed by atoms with Gasteiger partial charge in [0.05, 0.1) is 10.6 Å².